The highest BCUT2D eigenvalue weighted by molar-refractivity contribution is 5.59. The van der Waals surface area contributed by atoms with Crippen LogP contribution in [0.3, 0.4) is 0 Å². The largest absolute Gasteiger partial charge is 0.380 e. The van der Waals surface area contributed by atoms with Gasteiger partial charge in [-0.2, -0.15) is 10.1 Å². The maximum Gasteiger partial charge on any atom is 0.324 e. The molecule has 0 spiro atoms. The van der Waals surface area contributed by atoms with Crippen LogP contribution >= 0.6 is 0 Å². The van der Waals surface area contributed by atoms with Gasteiger partial charge in [0.25, 0.3) is 5.56 Å². The first-order chi connectivity index (χ1) is 18.9. The van der Waals surface area contributed by atoms with Gasteiger partial charge in [0, 0.05) is 56.5 Å². The molecule has 12 heteroatoms. The van der Waals surface area contributed by atoms with E-state index in [9.17, 15) is 18.0 Å². The van der Waals surface area contributed by atoms with E-state index in [0.29, 0.717) is 30.6 Å². The molecule has 0 radical (unpaired) electrons. The van der Waals surface area contributed by atoms with Gasteiger partial charge in [0.15, 0.2) is 17.5 Å². The van der Waals surface area contributed by atoms with Gasteiger partial charge in [-0.05, 0) is 36.8 Å². The van der Waals surface area contributed by atoms with Crippen molar-refractivity contribution in [3.8, 4) is 22.6 Å². The van der Waals surface area contributed by atoms with Gasteiger partial charge in [-0.3, -0.25) is 9.69 Å². The molecule has 0 aliphatic carbocycles. The van der Waals surface area contributed by atoms with Crippen LogP contribution in [0.2, 0.25) is 0 Å². The minimum atomic E-state index is -1.56. The number of hydrogen-bond donors (Lipinski definition) is 0. The van der Waals surface area contributed by atoms with E-state index >= 15 is 0 Å². The number of ether oxygens (including phenoxy) is 1. The Kier molecular flexibility index (Phi) is 8.03. The van der Waals surface area contributed by atoms with Gasteiger partial charge in [-0.15, -0.1) is 0 Å². The molecule has 1 fully saturated rings. The number of benzene rings is 2. The quantitative estimate of drug-likeness (QED) is 0.235. The summed E-state index contributed by atoms with van der Waals surface area (Å²) in [7, 11) is 0. The van der Waals surface area contributed by atoms with Crippen LogP contribution in [-0.4, -0.2) is 70.8 Å². The fourth-order valence-corrected chi connectivity index (χ4v) is 4.36. The third-order valence-corrected chi connectivity index (χ3v) is 6.48. The zero-order valence-electron chi connectivity index (χ0n) is 21.3. The summed E-state index contributed by atoms with van der Waals surface area (Å²) in [5.74, 6) is -3.81. The lowest BCUT2D eigenvalue weighted by molar-refractivity contribution is 0.110. The molecule has 4 aromatic rings. The van der Waals surface area contributed by atoms with Crippen LogP contribution < -0.4 is 10.5 Å². The summed E-state index contributed by atoms with van der Waals surface area (Å²) < 4.78 is 52.9. The topological polar surface area (TPSA) is 89.5 Å². The zero-order chi connectivity index (χ0) is 27.4. The summed E-state index contributed by atoms with van der Waals surface area (Å²) in [4.78, 5) is 21.4. The number of piperazine rings is 1. The summed E-state index contributed by atoms with van der Waals surface area (Å²) in [5, 5.41) is 8.36. The van der Waals surface area contributed by atoms with E-state index in [0.717, 1.165) is 50.4 Å². The number of anilines is 1. The molecule has 0 N–H and O–H groups in total. The van der Waals surface area contributed by atoms with Crippen molar-refractivity contribution in [2.24, 2.45) is 0 Å². The van der Waals surface area contributed by atoms with Crippen molar-refractivity contribution in [1.29, 1.82) is 0 Å². The van der Waals surface area contributed by atoms with Crippen molar-refractivity contribution in [2.75, 3.05) is 50.8 Å². The Morgan fingerprint density at radius 1 is 0.974 bits per heavy atom. The Balaban J connectivity index is 1.29. The van der Waals surface area contributed by atoms with Crippen LogP contribution in [-0.2, 0) is 11.3 Å². The zero-order valence-corrected chi connectivity index (χ0v) is 21.3. The second-order valence-electron chi connectivity index (χ2n) is 9.09. The van der Waals surface area contributed by atoms with Crippen LogP contribution in [0, 0.1) is 17.5 Å². The molecule has 39 heavy (non-hydrogen) atoms. The number of rotatable bonds is 9. The Morgan fingerprint density at radius 2 is 1.74 bits per heavy atom. The van der Waals surface area contributed by atoms with Crippen LogP contribution in [0.5, 0.6) is 0 Å². The minimum absolute atomic E-state index is 0.0170. The van der Waals surface area contributed by atoms with Crippen molar-refractivity contribution in [2.45, 2.75) is 13.5 Å². The van der Waals surface area contributed by atoms with Gasteiger partial charge in [0.1, 0.15) is 0 Å². The minimum Gasteiger partial charge on any atom is -0.380 e. The molecule has 1 saturated heterocycles. The maximum absolute atomic E-state index is 13.7. The van der Waals surface area contributed by atoms with Crippen LogP contribution in [0.25, 0.3) is 22.6 Å². The fourth-order valence-electron chi connectivity index (χ4n) is 4.36. The van der Waals surface area contributed by atoms with E-state index in [-0.39, 0.29) is 17.8 Å². The van der Waals surface area contributed by atoms with E-state index in [1.807, 2.05) is 30.0 Å². The van der Waals surface area contributed by atoms with Gasteiger partial charge in [-0.25, -0.2) is 17.9 Å². The summed E-state index contributed by atoms with van der Waals surface area (Å²) >= 11 is 0. The summed E-state index contributed by atoms with van der Waals surface area (Å²) in [6, 6.07) is 12.0. The average Bonchev–Trinajstić information content (AvgIpc) is 3.44. The first-order valence-corrected chi connectivity index (χ1v) is 12.6. The SMILES string of the molecule is CCOCCN1CCN(c2nc(-c3cccc(Cn4nc(-c5cc(F)c(F)c(F)c5)ccc4=O)c3)no2)CC1. The van der Waals surface area contributed by atoms with E-state index in [4.69, 9.17) is 9.26 Å². The Morgan fingerprint density at radius 3 is 2.49 bits per heavy atom. The Hall–Kier alpha value is -4.03. The molecule has 0 saturated carbocycles. The molecule has 2 aromatic heterocycles. The van der Waals surface area contributed by atoms with Crippen molar-refractivity contribution in [1.82, 2.24) is 24.8 Å². The highest BCUT2D eigenvalue weighted by Gasteiger charge is 2.22. The maximum atomic E-state index is 13.7. The van der Waals surface area contributed by atoms with Gasteiger partial charge >= 0.3 is 6.01 Å². The summed E-state index contributed by atoms with van der Waals surface area (Å²) in [6.45, 7) is 7.66. The predicted molar refractivity (Wildman–Crippen MR) is 138 cm³/mol. The van der Waals surface area contributed by atoms with Crippen LogP contribution in [0.1, 0.15) is 12.5 Å². The second-order valence-corrected chi connectivity index (χ2v) is 9.09. The lowest BCUT2D eigenvalue weighted by Gasteiger charge is -2.33. The van der Waals surface area contributed by atoms with Gasteiger partial charge < -0.3 is 14.2 Å². The van der Waals surface area contributed by atoms with Crippen molar-refractivity contribution < 1.29 is 22.4 Å². The lowest BCUT2D eigenvalue weighted by atomic mass is 10.1. The molecule has 0 amide bonds. The smallest absolute Gasteiger partial charge is 0.324 e. The summed E-state index contributed by atoms with van der Waals surface area (Å²) in [6.07, 6.45) is 0. The first kappa shape index (κ1) is 26.6. The van der Waals surface area contributed by atoms with Crippen LogP contribution in [0.15, 0.2) is 57.8 Å². The highest BCUT2D eigenvalue weighted by Crippen LogP contribution is 2.23. The number of halogens is 3. The average molecular weight is 541 g/mol. The highest BCUT2D eigenvalue weighted by atomic mass is 19.2. The number of nitrogens with zero attached hydrogens (tertiary/aromatic N) is 6. The van der Waals surface area contributed by atoms with E-state index < -0.39 is 23.0 Å². The lowest BCUT2D eigenvalue weighted by Crippen LogP contribution is -2.47. The molecule has 3 heterocycles. The molecule has 204 valence electrons. The molecular formula is C27H27F3N6O3. The molecule has 0 atom stereocenters. The first-order valence-electron chi connectivity index (χ1n) is 12.6. The van der Waals surface area contributed by atoms with Crippen LogP contribution in [0.4, 0.5) is 19.2 Å². The molecule has 1 aliphatic rings. The molecule has 2 aromatic carbocycles. The monoisotopic (exact) mass is 540 g/mol. The van der Waals surface area contributed by atoms with Gasteiger partial charge in [-0.1, -0.05) is 23.4 Å². The van der Waals surface area contributed by atoms with Gasteiger partial charge in [0.2, 0.25) is 5.82 Å². The molecule has 0 unspecified atom stereocenters. The predicted octanol–water partition coefficient (Wildman–Crippen LogP) is 3.58. The van der Waals surface area contributed by atoms with E-state index in [2.05, 4.69) is 20.1 Å². The summed E-state index contributed by atoms with van der Waals surface area (Å²) in [5.41, 5.74) is 1.16. The van der Waals surface area contributed by atoms with Crippen molar-refractivity contribution in [3.05, 3.63) is 81.9 Å². The number of hydrogen-bond acceptors (Lipinski definition) is 8. The third kappa shape index (κ3) is 6.18. The Bertz CT molecular complexity index is 1480. The van der Waals surface area contributed by atoms with Crippen molar-refractivity contribution >= 4 is 6.01 Å². The standard InChI is InChI=1S/C27H27F3N6O3/c1-2-38-13-12-34-8-10-35(11-9-34)27-31-26(33-39-27)19-5-3-4-18(14-19)17-36-24(37)7-6-23(32-36)20-15-21(28)25(30)22(29)16-20/h3-7,14-16H,2,8-13,17H2,1H3. The van der Waals surface area contributed by atoms with Crippen molar-refractivity contribution in [3.63, 3.8) is 0 Å². The third-order valence-electron chi connectivity index (χ3n) is 6.48. The molecule has 5 rings (SSSR count). The molecule has 0 bridgehead atoms. The van der Waals surface area contributed by atoms with Gasteiger partial charge in [0.05, 0.1) is 18.8 Å². The molecular weight excluding hydrogens is 513 g/mol. The molecule has 1 aliphatic heterocycles. The Labute approximate surface area is 222 Å². The van der Waals surface area contributed by atoms with E-state index in [1.165, 1.54) is 16.8 Å². The van der Waals surface area contributed by atoms with E-state index in [1.54, 1.807) is 6.07 Å². The normalized spacial score (nSPS) is 14.2. The fraction of sp³-hybridized carbons (Fsp3) is 0.333. The second kappa shape index (κ2) is 11.8. The molecule has 9 nitrogen and oxygen atoms in total. The number of aromatic nitrogens is 4.